The summed E-state index contributed by atoms with van der Waals surface area (Å²) in [6.45, 7) is 11.2. The standard InChI is InChI=1S/C46H41N5/c1-45(2,3)37-22-23-41(39(30-37)33-16-10-7-11-17-33)51-42-21-13-20-38(43(42)49-44(51)46(4,5)50-27-26-47-31-50)35-18-12-19-36(28-35)40-29-34(24-25-48-40)32-14-8-6-9-15-32/h6-31H,1-5H3. The van der Waals surface area contributed by atoms with Crippen LogP contribution in [0.3, 0.4) is 0 Å². The number of fused-ring (bicyclic) bond motifs is 1. The zero-order chi connectivity index (χ0) is 35.2. The Balaban J connectivity index is 1.35. The minimum absolute atomic E-state index is 0.00830. The van der Waals surface area contributed by atoms with Gasteiger partial charge in [-0.3, -0.25) is 9.55 Å². The molecule has 0 radical (unpaired) electrons. The highest BCUT2D eigenvalue weighted by atomic mass is 15.2. The van der Waals surface area contributed by atoms with Gasteiger partial charge in [-0.15, -0.1) is 0 Å². The monoisotopic (exact) mass is 663 g/mol. The third-order valence-corrected chi connectivity index (χ3v) is 9.91. The van der Waals surface area contributed by atoms with Crippen LogP contribution in [-0.2, 0) is 11.0 Å². The SMILES string of the molecule is CC(C)(C)c1ccc(-n2c(C(C)(C)n3ccnc3)nc3c(-c4cccc(-c5cc(-c6ccccc6)ccn5)c4)cccc32)c(-c2ccccc2)c1. The highest BCUT2D eigenvalue weighted by molar-refractivity contribution is 5.95. The van der Waals surface area contributed by atoms with Crippen molar-refractivity contribution in [2.75, 3.05) is 0 Å². The largest absolute Gasteiger partial charge is 0.325 e. The molecule has 3 aromatic heterocycles. The molecular formula is C46H41N5. The highest BCUT2D eigenvalue weighted by Gasteiger charge is 2.32. The molecule has 0 aliphatic carbocycles. The Morgan fingerprint density at radius 1 is 0.549 bits per heavy atom. The molecule has 0 aliphatic rings. The van der Waals surface area contributed by atoms with Crippen LogP contribution in [0.2, 0.25) is 0 Å². The average Bonchev–Trinajstić information content (AvgIpc) is 3.85. The molecule has 8 aromatic rings. The highest BCUT2D eigenvalue weighted by Crippen LogP contribution is 2.40. The van der Waals surface area contributed by atoms with E-state index in [9.17, 15) is 0 Å². The first-order valence-electron chi connectivity index (χ1n) is 17.5. The first kappa shape index (κ1) is 32.2. The molecule has 0 atom stereocenters. The molecule has 8 rings (SSSR count). The van der Waals surface area contributed by atoms with Crippen LogP contribution in [0.5, 0.6) is 0 Å². The van der Waals surface area contributed by atoms with Gasteiger partial charge in [0.1, 0.15) is 5.82 Å². The summed E-state index contributed by atoms with van der Waals surface area (Å²) in [5, 5.41) is 0. The molecule has 0 N–H and O–H groups in total. The number of imidazole rings is 2. The summed E-state index contributed by atoms with van der Waals surface area (Å²) in [6.07, 6.45) is 7.63. The van der Waals surface area contributed by atoms with E-state index in [1.807, 2.05) is 31.0 Å². The van der Waals surface area contributed by atoms with Gasteiger partial charge in [-0.2, -0.15) is 0 Å². The summed E-state index contributed by atoms with van der Waals surface area (Å²) in [6, 6.07) is 47.5. The maximum atomic E-state index is 5.55. The second-order valence-corrected chi connectivity index (χ2v) is 14.7. The second kappa shape index (κ2) is 12.7. The van der Waals surface area contributed by atoms with Crippen molar-refractivity contribution in [3.05, 3.63) is 170 Å². The van der Waals surface area contributed by atoms with E-state index in [2.05, 4.69) is 176 Å². The molecular weight excluding hydrogens is 623 g/mol. The van der Waals surface area contributed by atoms with Gasteiger partial charge in [-0.25, -0.2) is 9.97 Å². The number of hydrogen-bond donors (Lipinski definition) is 0. The van der Waals surface area contributed by atoms with Crippen LogP contribution in [0.4, 0.5) is 0 Å². The lowest BCUT2D eigenvalue weighted by Crippen LogP contribution is -2.30. The molecule has 0 saturated heterocycles. The van der Waals surface area contributed by atoms with E-state index in [0.717, 1.165) is 50.5 Å². The van der Waals surface area contributed by atoms with Crippen LogP contribution in [-0.4, -0.2) is 24.1 Å². The molecule has 250 valence electrons. The number of pyridine rings is 1. The smallest absolute Gasteiger partial charge is 0.140 e. The predicted molar refractivity (Wildman–Crippen MR) is 210 cm³/mol. The Labute approximate surface area is 300 Å². The van der Waals surface area contributed by atoms with Gasteiger partial charge in [0, 0.05) is 35.3 Å². The first-order chi connectivity index (χ1) is 24.7. The number of nitrogens with zero attached hydrogens (tertiary/aromatic N) is 5. The van der Waals surface area contributed by atoms with Crippen LogP contribution >= 0.6 is 0 Å². The average molecular weight is 664 g/mol. The van der Waals surface area contributed by atoms with E-state index in [4.69, 9.17) is 9.97 Å². The molecule has 51 heavy (non-hydrogen) atoms. The molecule has 3 heterocycles. The topological polar surface area (TPSA) is 48.5 Å². The molecule has 5 aromatic carbocycles. The number of benzene rings is 5. The quantitative estimate of drug-likeness (QED) is 0.170. The van der Waals surface area contributed by atoms with Gasteiger partial charge >= 0.3 is 0 Å². The van der Waals surface area contributed by atoms with Gasteiger partial charge in [0.2, 0.25) is 0 Å². The second-order valence-electron chi connectivity index (χ2n) is 14.7. The van der Waals surface area contributed by atoms with Gasteiger partial charge in [0.15, 0.2) is 0 Å². The van der Waals surface area contributed by atoms with E-state index >= 15 is 0 Å². The Bertz CT molecular complexity index is 2470. The van der Waals surface area contributed by atoms with Crippen LogP contribution in [0, 0.1) is 0 Å². The molecule has 5 nitrogen and oxygen atoms in total. The molecule has 0 saturated carbocycles. The molecule has 0 spiro atoms. The van der Waals surface area contributed by atoms with Crippen molar-refractivity contribution < 1.29 is 0 Å². The van der Waals surface area contributed by atoms with Crippen molar-refractivity contribution in [2.45, 2.75) is 45.6 Å². The summed E-state index contributed by atoms with van der Waals surface area (Å²) in [5.41, 5.74) is 12.6. The van der Waals surface area contributed by atoms with E-state index in [1.165, 1.54) is 22.3 Å². The number of para-hydroxylation sites is 1. The van der Waals surface area contributed by atoms with Crippen LogP contribution in [0.1, 0.15) is 46.0 Å². The predicted octanol–water partition coefficient (Wildman–Crippen LogP) is 11.4. The molecule has 0 aliphatic heterocycles. The maximum Gasteiger partial charge on any atom is 0.140 e. The lowest BCUT2D eigenvalue weighted by atomic mass is 9.85. The fourth-order valence-corrected chi connectivity index (χ4v) is 6.98. The zero-order valence-electron chi connectivity index (χ0n) is 29.7. The van der Waals surface area contributed by atoms with Gasteiger partial charge in [0.25, 0.3) is 0 Å². The van der Waals surface area contributed by atoms with E-state index in [-0.39, 0.29) is 5.41 Å². The van der Waals surface area contributed by atoms with Crippen molar-refractivity contribution in [2.24, 2.45) is 0 Å². The number of aromatic nitrogens is 5. The van der Waals surface area contributed by atoms with E-state index in [0.29, 0.717) is 0 Å². The van der Waals surface area contributed by atoms with E-state index < -0.39 is 5.54 Å². The molecule has 0 bridgehead atoms. The fourth-order valence-electron chi connectivity index (χ4n) is 6.98. The summed E-state index contributed by atoms with van der Waals surface area (Å²) in [7, 11) is 0. The minimum Gasteiger partial charge on any atom is -0.325 e. The van der Waals surface area contributed by atoms with Crippen molar-refractivity contribution in [1.82, 2.24) is 24.1 Å². The maximum absolute atomic E-state index is 5.55. The van der Waals surface area contributed by atoms with Gasteiger partial charge < -0.3 is 4.57 Å². The van der Waals surface area contributed by atoms with E-state index in [1.54, 1.807) is 0 Å². The summed E-state index contributed by atoms with van der Waals surface area (Å²) < 4.78 is 4.50. The fraction of sp³-hybridized carbons (Fsp3) is 0.152. The lowest BCUT2D eigenvalue weighted by Gasteiger charge is -2.28. The Morgan fingerprint density at radius 2 is 1.25 bits per heavy atom. The van der Waals surface area contributed by atoms with Crippen molar-refractivity contribution in [3.63, 3.8) is 0 Å². The van der Waals surface area contributed by atoms with Gasteiger partial charge in [-0.05, 0) is 83.5 Å². The number of rotatable bonds is 7. The normalized spacial score (nSPS) is 12.0. The summed E-state index contributed by atoms with van der Waals surface area (Å²) in [5.74, 6) is 0.928. The Morgan fingerprint density at radius 3 is 1.98 bits per heavy atom. The summed E-state index contributed by atoms with van der Waals surface area (Å²) >= 11 is 0. The lowest BCUT2D eigenvalue weighted by molar-refractivity contribution is 0.405. The van der Waals surface area contributed by atoms with Crippen LogP contribution in [0.25, 0.3) is 61.4 Å². The zero-order valence-corrected chi connectivity index (χ0v) is 29.7. The third kappa shape index (κ3) is 5.95. The van der Waals surface area contributed by atoms with Crippen molar-refractivity contribution >= 4 is 11.0 Å². The van der Waals surface area contributed by atoms with Crippen molar-refractivity contribution in [1.29, 1.82) is 0 Å². The van der Waals surface area contributed by atoms with Crippen LogP contribution in [0.15, 0.2) is 158 Å². The first-order valence-corrected chi connectivity index (χ1v) is 17.5. The third-order valence-electron chi connectivity index (χ3n) is 9.91. The summed E-state index contributed by atoms with van der Waals surface area (Å²) in [4.78, 5) is 14.8. The molecule has 0 amide bonds. The van der Waals surface area contributed by atoms with Crippen molar-refractivity contribution in [3.8, 4) is 50.3 Å². The van der Waals surface area contributed by atoms with Gasteiger partial charge in [-0.1, -0.05) is 118 Å². The van der Waals surface area contributed by atoms with Gasteiger partial charge in [0.05, 0.1) is 34.3 Å². The molecule has 5 heteroatoms. The Kier molecular flexibility index (Phi) is 7.99. The molecule has 0 fully saturated rings. The number of hydrogen-bond acceptors (Lipinski definition) is 3. The minimum atomic E-state index is -0.521. The Hall–Kier alpha value is -6.07. The molecule has 0 unspecified atom stereocenters. The van der Waals surface area contributed by atoms with Crippen LogP contribution < -0.4 is 0 Å².